The first-order chi connectivity index (χ1) is 9.29. The summed E-state index contributed by atoms with van der Waals surface area (Å²) >= 11 is 0. The number of aromatic nitrogens is 2. The molecule has 2 aromatic rings. The highest BCUT2D eigenvalue weighted by Gasteiger charge is 2.35. The Labute approximate surface area is 112 Å². The maximum absolute atomic E-state index is 13.3. The Morgan fingerprint density at radius 2 is 1.75 bits per heavy atom. The van der Waals surface area contributed by atoms with Crippen molar-refractivity contribution >= 4 is 5.82 Å². The molecular formula is C13H11F4N3. The molecule has 3 nitrogen and oxygen atoms in total. The fraction of sp³-hybridized carbons (Fsp3) is 0.231. The van der Waals surface area contributed by atoms with E-state index >= 15 is 0 Å². The summed E-state index contributed by atoms with van der Waals surface area (Å²) < 4.78 is 51.5. The van der Waals surface area contributed by atoms with E-state index in [1.54, 1.807) is 13.0 Å². The van der Waals surface area contributed by atoms with Crippen molar-refractivity contribution < 1.29 is 17.6 Å². The average molecular weight is 285 g/mol. The Balaban J connectivity index is 2.61. The van der Waals surface area contributed by atoms with Crippen LogP contribution in [0.4, 0.5) is 23.4 Å². The van der Waals surface area contributed by atoms with Crippen molar-refractivity contribution in [3.8, 4) is 11.3 Å². The maximum Gasteiger partial charge on any atom is 0.451 e. The van der Waals surface area contributed by atoms with Crippen LogP contribution < -0.4 is 5.32 Å². The summed E-state index contributed by atoms with van der Waals surface area (Å²) in [4.78, 5) is 6.81. The minimum atomic E-state index is -4.66. The molecule has 7 heteroatoms. The van der Waals surface area contributed by atoms with Gasteiger partial charge in [-0.3, -0.25) is 0 Å². The summed E-state index contributed by atoms with van der Waals surface area (Å²) in [6.07, 6.45) is -4.66. The van der Waals surface area contributed by atoms with Crippen molar-refractivity contribution in [2.24, 2.45) is 0 Å². The number of alkyl halides is 3. The van der Waals surface area contributed by atoms with Gasteiger partial charge in [-0.1, -0.05) is 0 Å². The molecule has 1 aromatic heterocycles. The molecule has 0 fully saturated rings. The van der Waals surface area contributed by atoms with Gasteiger partial charge in [0.05, 0.1) is 5.69 Å². The van der Waals surface area contributed by atoms with E-state index < -0.39 is 17.8 Å². The zero-order valence-corrected chi connectivity index (χ0v) is 10.7. The number of rotatable bonds is 2. The van der Waals surface area contributed by atoms with Crippen LogP contribution in [0.2, 0.25) is 0 Å². The molecule has 0 aliphatic rings. The molecule has 0 atom stereocenters. The second-order valence-electron chi connectivity index (χ2n) is 4.23. The molecule has 106 valence electrons. The largest absolute Gasteiger partial charge is 0.451 e. The molecule has 0 saturated carbocycles. The van der Waals surface area contributed by atoms with Crippen molar-refractivity contribution in [3.05, 3.63) is 41.5 Å². The Kier molecular flexibility index (Phi) is 3.61. The second-order valence-corrected chi connectivity index (χ2v) is 4.23. The van der Waals surface area contributed by atoms with E-state index in [9.17, 15) is 17.6 Å². The lowest BCUT2D eigenvalue weighted by atomic mass is 10.1. The summed E-state index contributed by atoms with van der Waals surface area (Å²) in [5.41, 5.74) is 0.879. The van der Waals surface area contributed by atoms with Gasteiger partial charge in [0.1, 0.15) is 11.6 Å². The smallest absolute Gasteiger partial charge is 0.373 e. The molecule has 0 aliphatic carbocycles. The van der Waals surface area contributed by atoms with Crippen LogP contribution in [0.3, 0.4) is 0 Å². The Morgan fingerprint density at radius 3 is 2.30 bits per heavy atom. The van der Waals surface area contributed by atoms with E-state index in [1.807, 2.05) is 0 Å². The molecule has 1 heterocycles. The zero-order chi connectivity index (χ0) is 14.9. The minimum absolute atomic E-state index is 0.0132. The first-order valence-electron chi connectivity index (χ1n) is 5.71. The van der Waals surface area contributed by atoms with E-state index in [2.05, 4.69) is 15.3 Å². The molecule has 1 aromatic carbocycles. The lowest BCUT2D eigenvalue weighted by Gasteiger charge is -2.10. The number of benzene rings is 1. The molecule has 0 spiro atoms. The van der Waals surface area contributed by atoms with Gasteiger partial charge < -0.3 is 5.32 Å². The highest BCUT2D eigenvalue weighted by atomic mass is 19.4. The van der Waals surface area contributed by atoms with Crippen molar-refractivity contribution in [1.29, 1.82) is 0 Å². The zero-order valence-electron chi connectivity index (χ0n) is 10.7. The Bertz CT molecular complexity index is 618. The predicted molar refractivity (Wildman–Crippen MR) is 66.7 cm³/mol. The predicted octanol–water partition coefficient (Wildman–Crippen LogP) is 3.65. The summed E-state index contributed by atoms with van der Waals surface area (Å²) in [6, 6.07) is 5.32. The number of anilines is 1. The standard InChI is InChI=1S/C13H11F4N3/c1-7-3-8(5-9(14)4-7)10-6-11(18-2)20-12(19-10)13(15,16)17/h3-6H,1-2H3,(H,18,19,20). The number of hydrogen-bond donors (Lipinski definition) is 1. The van der Waals surface area contributed by atoms with Crippen LogP contribution in [0.5, 0.6) is 0 Å². The third-order valence-corrected chi connectivity index (χ3v) is 2.57. The topological polar surface area (TPSA) is 37.8 Å². The molecule has 0 bridgehead atoms. The third kappa shape index (κ3) is 3.04. The number of aryl methyl sites for hydroxylation is 1. The van der Waals surface area contributed by atoms with E-state index in [0.717, 1.165) is 6.07 Å². The van der Waals surface area contributed by atoms with Crippen molar-refractivity contribution in [3.63, 3.8) is 0 Å². The van der Waals surface area contributed by atoms with E-state index in [4.69, 9.17) is 0 Å². The second kappa shape index (κ2) is 5.07. The van der Waals surface area contributed by atoms with Crippen LogP contribution in [0.15, 0.2) is 24.3 Å². The lowest BCUT2D eigenvalue weighted by molar-refractivity contribution is -0.144. The Hall–Kier alpha value is -2.18. The van der Waals surface area contributed by atoms with Gasteiger partial charge in [-0.05, 0) is 30.7 Å². The van der Waals surface area contributed by atoms with Crippen molar-refractivity contribution in [1.82, 2.24) is 9.97 Å². The molecule has 20 heavy (non-hydrogen) atoms. The molecule has 0 unspecified atom stereocenters. The molecule has 0 saturated heterocycles. The van der Waals surface area contributed by atoms with Crippen LogP contribution in [0, 0.1) is 12.7 Å². The monoisotopic (exact) mass is 285 g/mol. The quantitative estimate of drug-likeness (QED) is 0.856. The number of nitrogens with zero attached hydrogens (tertiary/aromatic N) is 2. The SMILES string of the molecule is CNc1cc(-c2cc(C)cc(F)c2)nc(C(F)(F)F)n1. The molecule has 0 amide bonds. The minimum Gasteiger partial charge on any atom is -0.373 e. The number of hydrogen-bond acceptors (Lipinski definition) is 3. The van der Waals surface area contributed by atoms with Crippen LogP contribution in [-0.2, 0) is 6.18 Å². The highest BCUT2D eigenvalue weighted by molar-refractivity contribution is 5.63. The number of nitrogens with one attached hydrogen (secondary N) is 1. The van der Waals surface area contributed by atoms with Crippen LogP contribution in [0.1, 0.15) is 11.4 Å². The van der Waals surface area contributed by atoms with Gasteiger partial charge >= 0.3 is 6.18 Å². The first-order valence-corrected chi connectivity index (χ1v) is 5.71. The first kappa shape index (κ1) is 14.2. The molecule has 1 N–H and O–H groups in total. The van der Waals surface area contributed by atoms with Crippen LogP contribution in [0.25, 0.3) is 11.3 Å². The van der Waals surface area contributed by atoms with Gasteiger partial charge in [0.2, 0.25) is 5.82 Å². The van der Waals surface area contributed by atoms with E-state index in [0.29, 0.717) is 5.56 Å². The lowest BCUT2D eigenvalue weighted by Crippen LogP contribution is -2.13. The molecular weight excluding hydrogens is 274 g/mol. The molecule has 0 radical (unpaired) electrons. The van der Waals surface area contributed by atoms with Crippen LogP contribution in [-0.4, -0.2) is 17.0 Å². The average Bonchev–Trinajstić information content (AvgIpc) is 2.36. The maximum atomic E-state index is 13.3. The summed E-state index contributed by atoms with van der Waals surface area (Å²) in [5.74, 6) is -1.77. The number of halogens is 4. The molecule has 2 rings (SSSR count). The van der Waals surface area contributed by atoms with Gasteiger partial charge in [-0.2, -0.15) is 13.2 Å². The van der Waals surface area contributed by atoms with E-state index in [1.165, 1.54) is 19.2 Å². The van der Waals surface area contributed by atoms with Gasteiger partial charge in [-0.25, -0.2) is 14.4 Å². The van der Waals surface area contributed by atoms with Gasteiger partial charge in [0, 0.05) is 18.7 Å². The van der Waals surface area contributed by atoms with Gasteiger partial charge in [-0.15, -0.1) is 0 Å². The van der Waals surface area contributed by atoms with Crippen LogP contribution >= 0.6 is 0 Å². The fourth-order valence-corrected chi connectivity index (χ4v) is 1.73. The fourth-order valence-electron chi connectivity index (χ4n) is 1.73. The van der Waals surface area contributed by atoms with Crippen molar-refractivity contribution in [2.75, 3.05) is 12.4 Å². The Morgan fingerprint density at radius 1 is 1.05 bits per heavy atom. The van der Waals surface area contributed by atoms with Crippen molar-refractivity contribution in [2.45, 2.75) is 13.1 Å². The normalized spacial score (nSPS) is 11.5. The highest BCUT2D eigenvalue weighted by Crippen LogP contribution is 2.30. The van der Waals surface area contributed by atoms with Gasteiger partial charge in [0.15, 0.2) is 0 Å². The molecule has 0 aliphatic heterocycles. The summed E-state index contributed by atoms with van der Waals surface area (Å²) in [5, 5.41) is 2.53. The summed E-state index contributed by atoms with van der Waals surface area (Å²) in [7, 11) is 1.45. The third-order valence-electron chi connectivity index (χ3n) is 2.57. The van der Waals surface area contributed by atoms with E-state index in [-0.39, 0.29) is 17.1 Å². The van der Waals surface area contributed by atoms with Gasteiger partial charge in [0.25, 0.3) is 0 Å². The summed E-state index contributed by atoms with van der Waals surface area (Å²) in [6.45, 7) is 1.65.